The molecule has 1 N–H and O–H groups in total. The van der Waals surface area contributed by atoms with E-state index in [-0.39, 0.29) is 18.0 Å². The highest BCUT2D eigenvalue weighted by molar-refractivity contribution is 7.20. The minimum absolute atomic E-state index is 0.0405. The third kappa shape index (κ3) is 3.92. The maximum atomic E-state index is 13.1. The van der Waals surface area contributed by atoms with Crippen LogP contribution in [0.5, 0.6) is 17.2 Å². The summed E-state index contributed by atoms with van der Waals surface area (Å²) in [6.45, 7) is 2.74. The number of fused-ring (bicyclic) bond motifs is 2. The highest BCUT2D eigenvalue weighted by atomic mass is 32.1. The fourth-order valence-electron chi connectivity index (χ4n) is 4.11. The maximum Gasteiger partial charge on any atom is 0.262 e. The van der Waals surface area contributed by atoms with Crippen molar-refractivity contribution in [2.24, 2.45) is 0 Å². The molecule has 1 aliphatic heterocycles. The Kier molecular flexibility index (Phi) is 6.36. The van der Waals surface area contributed by atoms with E-state index in [0.717, 1.165) is 37.1 Å². The molecule has 0 saturated carbocycles. The summed E-state index contributed by atoms with van der Waals surface area (Å²) in [5, 5.41) is 3.49. The molecule has 0 bridgehead atoms. The number of aryl methyl sites for hydroxylation is 2. The first-order valence-electron chi connectivity index (χ1n) is 10.6. The predicted molar refractivity (Wildman–Crippen MR) is 123 cm³/mol. The van der Waals surface area contributed by atoms with Gasteiger partial charge < -0.3 is 19.5 Å². The molecule has 0 aliphatic carbocycles. The number of hydrogen-bond donors (Lipinski definition) is 1. The number of nitrogens with zero attached hydrogens (tertiary/aromatic N) is 2. The van der Waals surface area contributed by atoms with Crippen molar-refractivity contribution < 1.29 is 19.0 Å². The summed E-state index contributed by atoms with van der Waals surface area (Å²) in [6.07, 6.45) is 3.90. The molecule has 4 rings (SSSR count). The first-order chi connectivity index (χ1) is 15.5. The van der Waals surface area contributed by atoms with Gasteiger partial charge in [0.15, 0.2) is 11.5 Å². The standard InChI is InChI=1S/C23H27N3O5S/c1-13-19-22(25-18-8-6-5-7-9-26(18)23(19)28)32-20(13)21(27)24-12-14-10-16(30-3)17(31-4)11-15(14)29-2/h10-11H,5-9,12H2,1-4H3,(H,24,27). The Morgan fingerprint density at radius 3 is 2.53 bits per heavy atom. The van der Waals surface area contributed by atoms with E-state index in [9.17, 15) is 9.59 Å². The van der Waals surface area contributed by atoms with Crippen LogP contribution in [-0.4, -0.2) is 36.8 Å². The number of ether oxygens (including phenoxy) is 3. The van der Waals surface area contributed by atoms with E-state index in [2.05, 4.69) is 5.32 Å². The van der Waals surface area contributed by atoms with Gasteiger partial charge >= 0.3 is 0 Å². The molecule has 1 amide bonds. The highest BCUT2D eigenvalue weighted by Gasteiger charge is 2.22. The Labute approximate surface area is 190 Å². The lowest BCUT2D eigenvalue weighted by Gasteiger charge is -2.14. The van der Waals surface area contributed by atoms with Crippen LogP contribution in [0.1, 0.15) is 45.9 Å². The Bertz CT molecular complexity index is 1230. The molecule has 0 radical (unpaired) electrons. The number of rotatable bonds is 6. The topological polar surface area (TPSA) is 91.7 Å². The molecule has 2 aromatic heterocycles. The molecule has 0 fully saturated rings. The van der Waals surface area contributed by atoms with Gasteiger partial charge in [-0.05, 0) is 31.4 Å². The van der Waals surface area contributed by atoms with Crippen LogP contribution in [0, 0.1) is 6.92 Å². The van der Waals surface area contributed by atoms with Crippen LogP contribution in [0.25, 0.3) is 10.2 Å². The van der Waals surface area contributed by atoms with Crippen molar-refractivity contribution in [1.29, 1.82) is 0 Å². The van der Waals surface area contributed by atoms with Crippen molar-refractivity contribution in [1.82, 2.24) is 14.9 Å². The molecule has 170 valence electrons. The van der Waals surface area contributed by atoms with Gasteiger partial charge in [0, 0.05) is 31.1 Å². The lowest BCUT2D eigenvalue weighted by molar-refractivity contribution is 0.0954. The van der Waals surface area contributed by atoms with Crippen molar-refractivity contribution in [2.75, 3.05) is 21.3 Å². The van der Waals surface area contributed by atoms with Gasteiger partial charge in [0.1, 0.15) is 16.4 Å². The Balaban J connectivity index is 1.63. The van der Waals surface area contributed by atoms with E-state index < -0.39 is 0 Å². The Morgan fingerprint density at radius 1 is 1.09 bits per heavy atom. The van der Waals surface area contributed by atoms with Gasteiger partial charge in [-0.1, -0.05) is 6.42 Å². The fraction of sp³-hybridized carbons (Fsp3) is 0.435. The SMILES string of the molecule is COc1cc(OC)c(OC)cc1CNC(=O)c1sc2nc3n(c(=O)c2c1C)CCCCC3. The number of thiophene rings is 1. The van der Waals surface area contributed by atoms with Crippen molar-refractivity contribution in [3.63, 3.8) is 0 Å². The lowest BCUT2D eigenvalue weighted by atomic mass is 10.1. The molecule has 0 atom stereocenters. The van der Waals surface area contributed by atoms with Gasteiger partial charge in [0.05, 0.1) is 31.6 Å². The highest BCUT2D eigenvalue weighted by Crippen LogP contribution is 2.35. The van der Waals surface area contributed by atoms with Gasteiger partial charge in [-0.2, -0.15) is 0 Å². The summed E-state index contributed by atoms with van der Waals surface area (Å²) in [5.74, 6) is 2.25. The normalized spacial score (nSPS) is 13.4. The second-order valence-electron chi connectivity index (χ2n) is 7.73. The zero-order chi connectivity index (χ0) is 22.8. The number of hydrogen-bond acceptors (Lipinski definition) is 7. The summed E-state index contributed by atoms with van der Waals surface area (Å²) in [5.41, 5.74) is 1.39. The van der Waals surface area contributed by atoms with E-state index >= 15 is 0 Å². The van der Waals surface area contributed by atoms with Crippen molar-refractivity contribution in [3.05, 3.63) is 44.3 Å². The second-order valence-corrected chi connectivity index (χ2v) is 8.73. The molecule has 1 aromatic carbocycles. The summed E-state index contributed by atoms with van der Waals surface area (Å²) < 4.78 is 17.9. The minimum Gasteiger partial charge on any atom is -0.496 e. The Hall–Kier alpha value is -3.07. The molecule has 0 unspecified atom stereocenters. The van der Waals surface area contributed by atoms with E-state index in [1.807, 2.05) is 6.92 Å². The lowest BCUT2D eigenvalue weighted by Crippen LogP contribution is -2.25. The second kappa shape index (κ2) is 9.20. The largest absolute Gasteiger partial charge is 0.496 e. The van der Waals surface area contributed by atoms with E-state index in [0.29, 0.717) is 44.5 Å². The van der Waals surface area contributed by atoms with Crippen LogP contribution in [0.4, 0.5) is 0 Å². The molecule has 3 heterocycles. The van der Waals surface area contributed by atoms with Crippen LogP contribution in [0.2, 0.25) is 0 Å². The number of amides is 1. The number of carbonyl (C=O) groups is 1. The molecule has 8 nitrogen and oxygen atoms in total. The molecular weight excluding hydrogens is 430 g/mol. The number of nitrogens with one attached hydrogen (secondary N) is 1. The zero-order valence-electron chi connectivity index (χ0n) is 18.7. The van der Waals surface area contributed by atoms with Gasteiger partial charge in [0.25, 0.3) is 11.5 Å². The van der Waals surface area contributed by atoms with Crippen molar-refractivity contribution in [2.45, 2.75) is 45.7 Å². The summed E-state index contributed by atoms with van der Waals surface area (Å²) in [7, 11) is 4.67. The number of benzene rings is 1. The van der Waals surface area contributed by atoms with E-state index in [4.69, 9.17) is 19.2 Å². The Morgan fingerprint density at radius 2 is 1.81 bits per heavy atom. The quantitative estimate of drug-likeness (QED) is 0.610. The third-order valence-corrected chi connectivity index (χ3v) is 7.03. The first kappa shape index (κ1) is 22.1. The number of carbonyl (C=O) groups excluding carboxylic acids is 1. The smallest absolute Gasteiger partial charge is 0.262 e. The van der Waals surface area contributed by atoms with Crippen molar-refractivity contribution >= 4 is 27.5 Å². The van der Waals surface area contributed by atoms with Gasteiger partial charge in [-0.25, -0.2) is 4.98 Å². The molecular formula is C23H27N3O5S. The van der Waals surface area contributed by atoms with Crippen molar-refractivity contribution in [3.8, 4) is 17.2 Å². The number of methoxy groups -OCH3 is 3. The molecule has 0 saturated heterocycles. The predicted octanol–water partition coefficient (Wildman–Crippen LogP) is 3.45. The molecule has 3 aromatic rings. The van der Waals surface area contributed by atoms with Gasteiger partial charge in [0.2, 0.25) is 0 Å². The van der Waals surface area contributed by atoms with E-state index in [1.54, 1.807) is 38.0 Å². The molecule has 32 heavy (non-hydrogen) atoms. The minimum atomic E-state index is -0.248. The average Bonchev–Trinajstić information content (AvgIpc) is 2.97. The maximum absolute atomic E-state index is 13.1. The summed E-state index contributed by atoms with van der Waals surface area (Å²) in [4.78, 5) is 32.0. The molecule has 0 spiro atoms. The van der Waals surface area contributed by atoms with Crippen LogP contribution in [0.3, 0.4) is 0 Å². The van der Waals surface area contributed by atoms with Crippen LogP contribution in [-0.2, 0) is 19.5 Å². The van der Waals surface area contributed by atoms with Crippen LogP contribution < -0.4 is 25.1 Å². The van der Waals surface area contributed by atoms with Crippen LogP contribution in [0.15, 0.2) is 16.9 Å². The molecule has 9 heteroatoms. The summed E-state index contributed by atoms with van der Waals surface area (Å²) >= 11 is 1.27. The monoisotopic (exact) mass is 457 g/mol. The fourth-order valence-corrected chi connectivity index (χ4v) is 5.22. The van der Waals surface area contributed by atoms with Gasteiger partial charge in [-0.15, -0.1) is 11.3 Å². The first-order valence-corrected chi connectivity index (χ1v) is 11.4. The average molecular weight is 458 g/mol. The third-order valence-electron chi connectivity index (χ3n) is 5.84. The summed E-state index contributed by atoms with van der Waals surface area (Å²) in [6, 6.07) is 3.50. The van der Waals surface area contributed by atoms with E-state index in [1.165, 1.54) is 11.3 Å². The van der Waals surface area contributed by atoms with Gasteiger partial charge in [-0.3, -0.25) is 14.2 Å². The molecule has 1 aliphatic rings. The zero-order valence-corrected chi connectivity index (χ0v) is 19.6. The van der Waals surface area contributed by atoms with Crippen LogP contribution >= 0.6 is 11.3 Å². The number of aromatic nitrogens is 2.